The summed E-state index contributed by atoms with van der Waals surface area (Å²) in [5.41, 5.74) is 10.7. The first kappa shape index (κ1) is 17.5. The van der Waals surface area contributed by atoms with Crippen LogP contribution in [0, 0.1) is 0 Å². The Morgan fingerprint density at radius 3 is 2.62 bits per heavy atom. The Hall–Kier alpha value is -3.32. The van der Waals surface area contributed by atoms with E-state index in [0.717, 1.165) is 12.0 Å². The number of carbonyl (C=O) groups is 2. The number of nitrogens with two attached hydrogens (primary N) is 2. The maximum absolute atomic E-state index is 12.8. The number of rotatable bonds is 4. The molecule has 7 nitrogen and oxygen atoms in total. The highest BCUT2D eigenvalue weighted by molar-refractivity contribution is 6.12. The highest BCUT2D eigenvalue weighted by Crippen LogP contribution is 2.37. The number of amides is 2. The monoisotopic (exact) mass is 352 g/mol. The largest absolute Gasteiger partial charge is 0.449 e. The highest BCUT2D eigenvalue weighted by Gasteiger charge is 2.31. The molecule has 0 aromatic heterocycles. The van der Waals surface area contributed by atoms with Gasteiger partial charge in [-0.15, -0.1) is 0 Å². The van der Waals surface area contributed by atoms with Crippen LogP contribution < -0.4 is 26.6 Å². The third kappa shape index (κ3) is 3.52. The number of nitrogens with one attached hydrogen (secondary N) is 1. The van der Waals surface area contributed by atoms with E-state index in [4.69, 9.17) is 16.3 Å². The smallest absolute Gasteiger partial charge is 0.294 e. The normalized spacial score (nSPS) is 14.8. The van der Waals surface area contributed by atoms with Crippen LogP contribution in [0.1, 0.15) is 18.1 Å². The van der Waals surface area contributed by atoms with E-state index in [1.807, 2.05) is 29.7 Å². The van der Waals surface area contributed by atoms with E-state index < -0.39 is 11.8 Å². The minimum atomic E-state index is -0.500. The van der Waals surface area contributed by atoms with Crippen LogP contribution in [0.3, 0.4) is 0 Å². The average Bonchev–Trinajstić information content (AvgIpc) is 2.66. The maximum atomic E-state index is 12.8. The lowest BCUT2D eigenvalue weighted by Gasteiger charge is -2.30. The molecule has 2 aromatic carbocycles. The average molecular weight is 352 g/mol. The van der Waals surface area contributed by atoms with Gasteiger partial charge in [0.15, 0.2) is 11.5 Å². The zero-order valence-corrected chi connectivity index (χ0v) is 14.4. The van der Waals surface area contributed by atoms with Crippen LogP contribution in [0.4, 0.5) is 11.4 Å². The number of hydrogen-bond donors (Lipinski definition) is 3. The zero-order valence-electron chi connectivity index (χ0n) is 14.4. The van der Waals surface area contributed by atoms with Crippen molar-refractivity contribution in [2.75, 3.05) is 17.2 Å². The van der Waals surface area contributed by atoms with Gasteiger partial charge in [0.25, 0.3) is 11.8 Å². The van der Waals surface area contributed by atoms with Crippen LogP contribution in [-0.2, 0) is 16.0 Å². The van der Waals surface area contributed by atoms with Gasteiger partial charge in [-0.1, -0.05) is 31.2 Å². The molecule has 0 spiro atoms. The van der Waals surface area contributed by atoms with Crippen LogP contribution in [0.15, 0.2) is 48.2 Å². The van der Waals surface area contributed by atoms with Gasteiger partial charge in [0.1, 0.15) is 6.54 Å². The Bertz CT molecular complexity index is 875. The van der Waals surface area contributed by atoms with Crippen molar-refractivity contribution in [1.82, 2.24) is 5.43 Å². The van der Waals surface area contributed by atoms with E-state index in [1.54, 1.807) is 24.3 Å². The number of hydrogen-bond acceptors (Lipinski definition) is 5. The van der Waals surface area contributed by atoms with Gasteiger partial charge in [-0.25, -0.2) is 5.84 Å². The standard InChI is InChI=1S/C19H20N4O3/c1-2-12-3-5-13(6-4-12)9-17-19(25)23(11-18(24)22-21)15-10-14(20)7-8-16(15)26-17/h3-10H,2,11,20-21H2,1H3,(H,22,24)/b17-9+. The number of anilines is 2. The molecule has 1 heterocycles. The molecular formula is C19H20N4O3. The molecule has 26 heavy (non-hydrogen) atoms. The Labute approximate surface area is 151 Å². The Balaban J connectivity index is 1.99. The SMILES string of the molecule is CCc1ccc(/C=C2/Oc3ccc(N)cc3N(CC(=O)NN)C2=O)cc1. The van der Waals surface area contributed by atoms with Gasteiger partial charge in [0.05, 0.1) is 5.69 Å². The molecule has 5 N–H and O–H groups in total. The lowest BCUT2D eigenvalue weighted by atomic mass is 10.1. The summed E-state index contributed by atoms with van der Waals surface area (Å²) in [4.78, 5) is 25.9. The van der Waals surface area contributed by atoms with Crippen molar-refractivity contribution in [2.24, 2.45) is 5.84 Å². The van der Waals surface area contributed by atoms with Crippen molar-refractivity contribution in [3.8, 4) is 5.75 Å². The first-order chi connectivity index (χ1) is 12.5. The van der Waals surface area contributed by atoms with Gasteiger partial charge in [-0.3, -0.25) is 19.9 Å². The van der Waals surface area contributed by atoms with Crippen molar-refractivity contribution in [3.63, 3.8) is 0 Å². The fourth-order valence-corrected chi connectivity index (χ4v) is 2.67. The lowest BCUT2D eigenvalue weighted by molar-refractivity contribution is -0.123. The third-order valence-corrected chi connectivity index (χ3v) is 4.10. The number of benzene rings is 2. The number of carbonyl (C=O) groups excluding carboxylic acids is 2. The maximum Gasteiger partial charge on any atom is 0.294 e. The number of nitrogen functional groups attached to an aromatic ring is 1. The first-order valence-electron chi connectivity index (χ1n) is 8.21. The quantitative estimate of drug-likeness (QED) is 0.254. The summed E-state index contributed by atoms with van der Waals surface area (Å²) in [6.45, 7) is 1.84. The minimum Gasteiger partial charge on any atom is -0.449 e. The summed E-state index contributed by atoms with van der Waals surface area (Å²) in [5.74, 6) is 4.79. The van der Waals surface area contributed by atoms with E-state index in [9.17, 15) is 9.59 Å². The number of fused-ring (bicyclic) bond motifs is 1. The second-order valence-corrected chi connectivity index (χ2v) is 5.89. The van der Waals surface area contributed by atoms with Crippen molar-refractivity contribution in [1.29, 1.82) is 0 Å². The number of hydrazine groups is 1. The molecule has 1 aliphatic rings. The van der Waals surface area contributed by atoms with E-state index in [1.165, 1.54) is 10.5 Å². The van der Waals surface area contributed by atoms with E-state index >= 15 is 0 Å². The molecule has 0 atom stereocenters. The van der Waals surface area contributed by atoms with Crippen molar-refractivity contribution in [3.05, 3.63) is 59.4 Å². The fourth-order valence-electron chi connectivity index (χ4n) is 2.67. The van der Waals surface area contributed by atoms with Crippen LogP contribution in [0.25, 0.3) is 6.08 Å². The number of nitrogens with zero attached hydrogens (tertiary/aromatic N) is 1. The minimum absolute atomic E-state index is 0.122. The molecule has 0 aliphatic carbocycles. The topological polar surface area (TPSA) is 111 Å². The third-order valence-electron chi connectivity index (χ3n) is 4.10. The Kier molecular flexibility index (Phi) is 4.90. The predicted molar refractivity (Wildman–Crippen MR) is 100.0 cm³/mol. The summed E-state index contributed by atoms with van der Waals surface area (Å²) < 4.78 is 5.76. The molecule has 7 heteroatoms. The molecule has 0 unspecified atom stereocenters. The zero-order chi connectivity index (χ0) is 18.7. The van der Waals surface area contributed by atoms with Gasteiger partial charge in [0.2, 0.25) is 0 Å². The summed E-state index contributed by atoms with van der Waals surface area (Å²) >= 11 is 0. The Morgan fingerprint density at radius 1 is 1.23 bits per heavy atom. The summed E-state index contributed by atoms with van der Waals surface area (Å²) in [6, 6.07) is 12.7. The molecule has 2 amide bonds. The van der Waals surface area contributed by atoms with Gasteiger partial charge in [-0.05, 0) is 41.8 Å². The number of ether oxygens (including phenoxy) is 1. The molecule has 134 valence electrons. The predicted octanol–water partition coefficient (Wildman–Crippen LogP) is 1.59. The lowest BCUT2D eigenvalue weighted by Crippen LogP contribution is -2.45. The van der Waals surface area contributed by atoms with Gasteiger partial charge in [0, 0.05) is 5.69 Å². The highest BCUT2D eigenvalue weighted by atomic mass is 16.5. The van der Waals surface area contributed by atoms with Gasteiger partial charge < -0.3 is 10.5 Å². The molecule has 0 radical (unpaired) electrons. The molecule has 0 saturated carbocycles. The molecule has 0 fully saturated rings. The van der Waals surface area contributed by atoms with E-state index in [-0.39, 0.29) is 12.3 Å². The second-order valence-electron chi connectivity index (χ2n) is 5.89. The van der Waals surface area contributed by atoms with Crippen LogP contribution in [0.5, 0.6) is 5.75 Å². The summed E-state index contributed by atoms with van der Waals surface area (Å²) in [5, 5.41) is 0. The number of aryl methyl sites for hydroxylation is 1. The van der Waals surface area contributed by atoms with Crippen molar-refractivity contribution >= 4 is 29.3 Å². The van der Waals surface area contributed by atoms with Gasteiger partial charge in [-0.2, -0.15) is 0 Å². The van der Waals surface area contributed by atoms with E-state index in [0.29, 0.717) is 17.1 Å². The van der Waals surface area contributed by atoms with Crippen molar-refractivity contribution in [2.45, 2.75) is 13.3 Å². The van der Waals surface area contributed by atoms with Crippen LogP contribution in [-0.4, -0.2) is 18.4 Å². The fraction of sp³-hybridized carbons (Fsp3) is 0.158. The van der Waals surface area contributed by atoms with E-state index in [2.05, 4.69) is 6.92 Å². The Morgan fingerprint density at radius 2 is 1.96 bits per heavy atom. The van der Waals surface area contributed by atoms with Crippen LogP contribution >= 0.6 is 0 Å². The summed E-state index contributed by atoms with van der Waals surface area (Å²) in [7, 11) is 0. The molecule has 0 saturated heterocycles. The second kappa shape index (κ2) is 7.28. The molecule has 0 bridgehead atoms. The van der Waals surface area contributed by atoms with Gasteiger partial charge >= 0.3 is 0 Å². The van der Waals surface area contributed by atoms with Crippen LogP contribution in [0.2, 0.25) is 0 Å². The molecule has 3 rings (SSSR count). The molecule has 1 aliphatic heterocycles. The molecule has 2 aromatic rings. The van der Waals surface area contributed by atoms with Crippen molar-refractivity contribution < 1.29 is 14.3 Å². The first-order valence-corrected chi connectivity index (χ1v) is 8.21. The molecular weight excluding hydrogens is 332 g/mol. The summed E-state index contributed by atoms with van der Waals surface area (Å²) in [6.07, 6.45) is 2.58.